The lowest BCUT2D eigenvalue weighted by atomic mass is 10.2. The predicted octanol–water partition coefficient (Wildman–Crippen LogP) is 1.65. The molecule has 1 aromatic rings. The summed E-state index contributed by atoms with van der Waals surface area (Å²) < 4.78 is 0. The minimum Gasteiger partial charge on any atom is -0.366 e. The molecule has 0 bridgehead atoms. The molecule has 1 saturated carbocycles. The minimum atomic E-state index is -0.0499. The Morgan fingerprint density at radius 2 is 1.94 bits per heavy atom. The van der Waals surface area contributed by atoms with Crippen molar-refractivity contribution in [2.75, 3.05) is 10.6 Å². The molecule has 1 aliphatic carbocycles. The molecular formula is C11H16N4O. The van der Waals surface area contributed by atoms with Crippen LogP contribution in [0.15, 0.2) is 12.1 Å². The molecule has 2 N–H and O–H groups in total. The van der Waals surface area contributed by atoms with Crippen molar-refractivity contribution < 1.29 is 4.79 Å². The second kappa shape index (κ2) is 4.47. The van der Waals surface area contributed by atoms with E-state index in [1.54, 1.807) is 6.07 Å². The molecule has 1 fully saturated rings. The van der Waals surface area contributed by atoms with Gasteiger partial charge in [0.25, 0.3) is 0 Å². The summed E-state index contributed by atoms with van der Waals surface area (Å²) in [5.41, 5.74) is 0. The van der Waals surface area contributed by atoms with Crippen molar-refractivity contribution in [3.63, 3.8) is 0 Å². The average Bonchev–Trinajstić information content (AvgIpc) is 3.04. The highest BCUT2D eigenvalue weighted by atomic mass is 16.1. The van der Waals surface area contributed by atoms with E-state index in [9.17, 15) is 4.79 Å². The van der Waals surface area contributed by atoms with E-state index < -0.39 is 0 Å². The third kappa shape index (κ3) is 2.92. The summed E-state index contributed by atoms with van der Waals surface area (Å²) in [7, 11) is 0. The van der Waals surface area contributed by atoms with Crippen LogP contribution in [0, 0.1) is 5.92 Å². The topological polar surface area (TPSA) is 66.9 Å². The van der Waals surface area contributed by atoms with Crippen LogP contribution in [-0.2, 0) is 4.79 Å². The Bertz CT molecular complexity index is 370. The fourth-order valence-corrected chi connectivity index (χ4v) is 1.18. The predicted molar refractivity (Wildman–Crippen MR) is 62.1 cm³/mol. The molecule has 0 radical (unpaired) electrons. The highest BCUT2D eigenvalue weighted by Crippen LogP contribution is 2.23. The van der Waals surface area contributed by atoms with Crippen LogP contribution in [0.3, 0.4) is 0 Å². The Hall–Kier alpha value is -1.65. The van der Waals surface area contributed by atoms with Gasteiger partial charge in [-0.15, -0.1) is 10.2 Å². The highest BCUT2D eigenvalue weighted by molar-refractivity contribution is 5.91. The van der Waals surface area contributed by atoms with Gasteiger partial charge in [-0.3, -0.25) is 4.79 Å². The molecule has 0 aliphatic heterocycles. The van der Waals surface area contributed by atoms with E-state index in [-0.39, 0.29) is 11.8 Å². The number of carbonyl (C=O) groups excluding carboxylic acids is 1. The lowest BCUT2D eigenvalue weighted by Gasteiger charge is -2.07. The van der Waals surface area contributed by atoms with Gasteiger partial charge in [0, 0.05) is 12.0 Å². The van der Waals surface area contributed by atoms with E-state index in [1.165, 1.54) is 12.8 Å². The zero-order valence-corrected chi connectivity index (χ0v) is 9.53. The average molecular weight is 220 g/mol. The number of carbonyl (C=O) groups is 1. The molecule has 86 valence electrons. The van der Waals surface area contributed by atoms with Crippen molar-refractivity contribution >= 4 is 17.5 Å². The molecule has 2 rings (SSSR count). The van der Waals surface area contributed by atoms with E-state index in [1.807, 2.05) is 19.9 Å². The zero-order chi connectivity index (χ0) is 11.5. The van der Waals surface area contributed by atoms with E-state index in [2.05, 4.69) is 20.8 Å². The normalized spacial score (nSPS) is 14.9. The van der Waals surface area contributed by atoms with Crippen molar-refractivity contribution in [3.05, 3.63) is 12.1 Å². The second-order valence-electron chi connectivity index (χ2n) is 4.37. The van der Waals surface area contributed by atoms with Gasteiger partial charge in [-0.1, -0.05) is 13.8 Å². The molecule has 0 saturated heterocycles. The van der Waals surface area contributed by atoms with Gasteiger partial charge in [0.1, 0.15) is 5.82 Å². The van der Waals surface area contributed by atoms with Crippen molar-refractivity contribution in [2.45, 2.75) is 32.7 Å². The standard InChI is InChI=1S/C11H16N4O/c1-7(2)11(16)13-10-6-5-9(14-15-10)12-8-3-4-8/h5-8H,3-4H2,1-2H3,(H,12,14)(H,13,15,16). The van der Waals surface area contributed by atoms with Gasteiger partial charge in [-0.2, -0.15) is 0 Å². The molecular weight excluding hydrogens is 204 g/mol. The van der Waals surface area contributed by atoms with E-state index in [4.69, 9.17) is 0 Å². The summed E-state index contributed by atoms with van der Waals surface area (Å²) in [6, 6.07) is 4.16. The Labute approximate surface area is 94.6 Å². The van der Waals surface area contributed by atoms with Gasteiger partial charge in [0.05, 0.1) is 0 Å². The Morgan fingerprint density at radius 3 is 2.44 bits per heavy atom. The highest BCUT2D eigenvalue weighted by Gasteiger charge is 2.21. The monoisotopic (exact) mass is 220 g/mol. The molecule has 5 heteroatoms. The van der Waals surface area contributed by atoms with Gasteiger partial charge in [0.15, 0.2) is 5.82 Å². The van der Waals surface area contributed by atoms with Crippen LogP contribution < -0.4 is 10.6 Å². The van der Waals surface area contributed by atoms with Gasteiger partial charge < -0.3 is 10.6 Å². The first-order valence-electron chi connectivity index (χ1n) is 5.56. The molecule has 5 nitrogen and oxygen atoms in total. The summed E-state index contributed by atoms with van der Waals surface area (Å²) in [5, 5.41) is 13.9. The number of aromatic nitrogens is 2. The fourth-order valence-electron chi connectivity index (χ4n) is 1.18. The number of nitrogens with one attached hydrogen (secondary N) is 2. The molecule has 0 unspecified atom stereocenters. The minimum absolute atomic E-state index is 0.0443. The number of hydrogen-bond donors (Lipinski definition) is 2. The largest absolute Gasteiger partial charge is 0.366 e. The quantitative estimate of drug-likeness (QED) is 0.809. The molecule has 16 heavy (non-hydrogen) atoms. The van der Waals surface area contributed by atoms with E-state index >= 15 is 0 Å². The van der Waals surface area contributed by atoms with Crippen LogP contribution >= 0.6 is 0 Å². The third-order valence-corrected chi connectivity index (χ3v) is 2.37. The lowest BCUT2D eigenvalue weighted by molar-refractivity contribution is -0.118. The summed E-state index contributed by atoms with van der Waals surface area (Å²) >= 11 is 0. The van der Waals surface area contributed by atoms with Gasteiger partial charge in [-0.05, 0) is 25.0 Å². The van der Waals surface area contributed by atoms with Crippen LogP contribution in [0.4, 0.5) is 11.6 Å². The molecule has 1 aromatic heterocycles. The molecule has 1 aliphatic rings. The summed E-state index contributed by atoms with van der Waals surface area (Å²) in [4.78, 5) is 11.4. The lowest BCUT2D eigenvalue weighted by Crippen LogP contribution is -2.18. The van der Waals surface area contributed by atoms with Crippen LogP contribution in [-0.4, -0.2) is 22.1 Å². The summed E-state index contributed by atoms with van der Waals surface area (Å²) in [5.74, 6) is 1.17. The van der Waals surface area contributed by atoms with Gasteiger partial charge in [-0.25, -0.2) is 0 Å². The van der Waals surface area contributed by atoms with Crippen molar-refractivity contribution in [1.82, 2.24) is 10.2 Å². The molecule has 0 aromatic carbocycles. The fraction of sp³-hybridized carbons (Fsp3) is 0.545. The maximum Gasteiger partial charge on any atom is 0.228 e. The Balaban J connectivity index is 1.93. The van der Waals surface area contributed by atoms with Crippen LogP contribution in [0.5, 0.6) is 0 Å². The number of amides is 1. The maximum atomic E-state index is 11.4. The SMILES string of the molecule is CC(C)C(=O)Nc1ccc(NC2CC2)nn1. The van der Waals surface area contributed by atoms with E-state index in [0.29, 0.717) is 11.9 Å². The molecule has 1 amide bonds. The van der Waals surface area contributed by atoms with Crippen LogP contribution in [0.25, 0.3) is 0 Å². The molecule has 1 heterocycles. The number of anilines is 2. The van der Waals surface area contributed by atoms with Gasteiger partial charge in [0.2, 0.25) is 5.91 Å². The first-order valence-corrected chi connectivity index (χ1v) is 5.56. The van der Waals surface area contributed by atoms with Crippen molar-refractivity contribution in [1.29, 1.82) is 0 Å². The summed E-state index contributed by atoms with van der Waals surface area (Å²) in [6.45, 7) is 3.68. The van der Waals surface area contributed by atoms with Crippen molar-refractivity contribution in [2.24, 2.45) is 5.92 Å². The first kappa shape index (κ1) is 10.9. The van der Waals surface area contributed by atoms with Crippen LogP contribution in [0.2, 0.25) is 0 Å². The molecule has 0 spiro atoms. The van der Waals surface area contributed by atoms with E-state index in [0.717, 1.165) is 5.82 Å². The Kier molecular flexibility index (Phi) is 3.03. The number of rotatable bonds is 4. The van der Waals surface area contributed by atoms with Gasteiger partial charge >= 0.3 is 0 Å². The smallest absolute Gasteiger partial charge is 0.228 e. The zero-order valence-electron chi connectivity index (χ0n) is 9.53. The molecule has 0 atom stereocenters. The number of hydrogen-bond acceptors (Lipinski definition) is 4. The summed E-state index contributed by atoms with van der Waals surface area (Å²) in [6.07, 6.45) is 2.40. The van der Waals surface area contributed by atoms with Crippen molar-refractivity contribution in [3.8, 4) is 0 Å². The second-order valence-corrected chi connectivity index (χ2v) is 4.37. The van der Waals surface area contributed by atoms with Crippen LogP contribution in [0.1, 0.15) is 26.7 Å². The first-order chi connectivity index (χ1) is 7.65. The third-order valence-electron chi connectivity index (χ3n) is 2.37. The Morgan fingerprint density at radius 1 is 1.31 bits per heavy atom. The maximum absolute atomic E-state index is 11.4. The number of nitrogens with zero attached hydrogens (tertiary/aromatic N) is 2.